The van der Waals surface area contributed by atoms with Crippen LogP contribution in [0.1, 0.15) is 24.5 Å². The Balaban J connectivity index is 1.75. The molecule has 0 amide bonds. The van der Waals surface area contributed by atoms with Crippen molar-refractivity contribution in [1.82, 2.24) is 15.2 Å². The van der Waals surface area contributed by atoms with E-state index in [1.165, 1.54) is 0 Å². The predicted octanol–water partition coefficient (Wildman–Crippen LogP) is 2.86. The molecular weight excluding hydrogens is 311 g/mol. The van der Waals surface area contributed by atoms with Gasteiger partial charge in [-0.2, -0.15) is 5.10 Å². The summed E-state index contributed by atoms with van der Waals surface area (Å²) in [5.74, 6) is 0.325. The first-order chi connectivity index (χ1) is 10.1. The van der Waals surface area contributed by atoms with Crippen LogP contribution in [-0.4, -0.2) is 28.3 Å². The number of piperidine rings is 1. The van der Waals surface area contributed by atoms with Crippen LogP contribution in [-0.2, 0) is 0 Å². The van der Waals surface area contributed by atoms with E-state index in [4.69, 9.17) is 23.2 Å². The summed E-state index contributed by atoms with van der Waals surface area (Å²) < 4.78 is 0. The second kappa shape index (κ2) is 6.03. The zero-order valence-corrected chi connectivity index (χ0v) is 12.7. The maximum absolute atomic E-state index is 11.8. The van der Waals surface area contributed by atoms with Crippen LogP contribution in [0.15, 0.2) is 29.2 Å². The van der Waals surface area contributed by atoms with Crippen molar-refractivity contribution in [3.63, 3.8) is 0 Å². The Hall–Kier alpha value is -1.59. The van der Waals surface area contributed by atoms with Gasteiger partial charge in [-0.3, -0.25) is 9.78 Å². The fourth-order valence-corrected chi connectivity index (χ4v) is 3.12. The molecule has 0 saturated carbocycles. The van der Waals surface area contributed by atoms with Crippen LogP contribution in [0.4, 0.5) is 5.69 Å². The SMILES string of the molecule is O=c1[nH]nc(Cl)cc1N1CCC(c2ncccc2Cl)CC1. The molecule has 0 radical (unpaired) electrons. The normalized spacial score (nSPS) is 16.2. The van der Waals surface area contributed by atoms with Crippen molar-refractivity contribution in [1.29, 1.82) is 0 Å². The van der Waals surface area contributed by atoms with Gasteiger partial charge in [0.25, 0.3) is 5.56 Å². The first-order valence-corrected chi connectivity index (χ1v) is 7.51. The van der Waals surface area contributed by atoms with E-state index < -0.39 is 0 Å². The fourth-order valence-electron chi connectivity index (χ4n) is 2.70. The maximum atomic E-state index is 11.8. The van der Waals surface area contributed by atoms with Crippen molar-refractivity contribution >= 4 is 28.9 Å². The van der Waals surface area contributed by atoms with Crippen LogP contribution in [0.3, 0.4) is 0 Å². The van der Waals surface area contributed by atoms with Crippen molar-refractivity contribution < 1.29 is 0 Å². The number of nitrogens with zero attached hydrogens (tertiary/aromatic N) is 3. The average Bonchev–Trinajstić information content (AvgIpc) is 2.50. The van der Waals surface area contributed by atoms with Crippen molar-refractivity contribution in [2.75, 3.05) is 18.0 Å². The standard InChI is InChI=1S/C14H14Cl2N4O/c15-10-2-1-5-17-13(10)9-3-6-20(7-4-9)11-8-12(16)18-19-14(11)21/h1-2,5,8-9H,3-4,6-7H2,(H,19,21). The third-order valence-corrected chi connectivity index (χ3v) is 4.28. The van der Waals surface area contributed by atoms with Gasteiger partial charge in [-0.15, -0.1) is 0 Å². The van der Waals surface area contributed by atoms with Gasteiger partial charge in [0, 0.05) is 31.3 Å². The molecule has 1 saturated heterocycles. The second-order valence-corrected chi connectivity index (χ2v) is 5.83. The molecule has 0 unspecified atom stereocenters. The second-order valence-electron chi connectivity index (χ2n) is 5.04. The molecule has 0 atom stereocenters. The maximum Gasteiger partial charge on any atom is 0.287 e. The summed E-state index contributed by atoms with van der Waals surface area (Å²) in [5.41, 5.74) is 1.30. The predicted molar refractivity (Wildman–Crippen MR) is 83.3 cm³/mol. The summed E-state index contributed by atoms with van der Waals surface area (Å²) in [5, 5.41) is 7.09. The molecule has 3 rings (SSSR count). The van der Waals surface area contributed by atoms with E-state index in [1.807, 2.05) is 17.0 Å². The first kappa shape index (κ1) is 14.4. The third kappa shape index (κ3) is 3.04. The van der Waals surface area contributed by atoms with Crippen molar-refractivity contribution in [3.05, 3.63) is 50.6 Å². The minimum Gasteiger partial charge on any atom is -0.367 e. The fraction of sp³-hybridized carbons (Fsp3) is 0.357. The Morgan fingerprint density at radius 3 is 2.76 bits per heavy atom. The van der Waals surface area contributed by atoms with Crippen LogP contribution in [0, 0.1) is 0 Å². The smallest absolute Gasteiger partial charge is 0.287 e. The molecule has 2 aromatic rings. The van der Waals surface area contributed by atoms with E-state index in [0.29, 0.717) is 21.8 Å². The minimum absolute atomic E-state index is 0.214. The highest BCUT2D eigenvalue weighted by Gasteiger charge is 2.24. The van der Waals surface area contributed by atoms with Gasteiger partial charge in [0.05, 0.1) is 10.7 Å². The summed E-state index contributed by atoms with van der Waals surface area (Å²) >= 11 is 12.0. The quantitative estimate of drug-likeness (QED) is 0.922. The molecule has 0 aromatic carbocycles. The number of hydrogen-bond donors (Lipinski definition) is 1. The molecule has 1 N–H and O–H groups in total. The summed E-state index contributed by atoms with van der Waals surface area (Å²) in [6, 6.07) is 5.30. The molecule has 1 aliphatic heterocycles. The number of H-pyrrole nitrogens is 1. The van der Waals surface area contributed by atoms with E-state index in [-0.39, 0.29) is 5.56 Å². The number of aromatic amines is 1. The zero-order valence-electron chi connectivity index (χ0n) is 11.2. The molecule has 7 heteroatoms. The Labute approximate surface area is 131 Å². The van der Waals surface area contributed by atoms with Gasteiger partial charge in [0.15, 0.2) is 5.15 Å². The molecule has 5 nitrogen and oxygen atoms in total. The highest BCUT2D eigenvalue weighted by molar-refractivity contribution is 6.31. The van der Waals surface area contributed by atoms with Crippen LogP contribution >= 0.6 is 23.2 Å². The topological polar surface area (TPSA) is 61.9 Å². The van der Waals surface area contributed by atoms with Gasteiger partial charge in [-0.25, -0.2) is 5.10 Å². The van der Waals surface area contributed by atoms with Crippen LogP contribution in [0.25, 0.3) is 0 Å². The summed E-state index contributed by atoms with van der Waals surface area (Å²) in [4.78, 5) is 18.2. The van der Waals surface area contributed by atoms with Gasteiger partial charge in [-0.05, 0) is 25.0 Å². The van der Waals surface area contributed by atoms with Gasteiger partial charge in [0.2, 0.25) is 0 Å². The molecule has 0 bridgehead atoms. The molecule has 0 spiro atoms. The summed E-state index contributed by atoms with van der Waals surface area (Å²) in [6.45, 7) is 1.53. The van der Waals surface area contributed by atoms with Crippen LogP contribution in [0.5, 0.6) is 0 Å². The molecule has 3 heterocycles. The number of anilines is 1. The van der Waals surface area contributed by atoms with Crippen LogP contribution in [0.2, 0.25) is 10.2 Å². The van der Waals surface area contributed by atoms with E-state index in [1.54, 1.807) is 12.3 Å². The molecule has 1 fully saturated rings. The Kier molecular flexibility index (Phi) is 4.12. The highest BCUT2D eigenvalue weighted by Crippen LogP contribution is 2.32. The number of halogens is 2. The lowest BCUT2D eigenvalue weighted by molar-refractivity contribution is 0.495. The molecule has 1 aliphatic rings. The number of pyridine rings is 1. The number of nitrogens with one attached hydrogen (secondary N) is 1. The van der Waals surface area contributed by atoms with E-state index in [0.717, 1.165) is 31.6 Å². The Morgan fingerprint density at radius 1 is 1.29 bits per heavy atom. The van der Waals surface area contributed by atoms with Crippen molar-refractivity contribution in [2.45, 2.75) is 18.8 Å². The lowest BCUT2D eigenvalue weighted by Gasteiger charge is -2.32. The third-order valence-electron chi connectivity index (χ3n) is 3.76. The molecule has 21 heavy (non-hydrogen) atoms. The first-order valence-electron chi connectivity index (χ1n) is 6.76. The van der Waals surface area contributed by atoms with Gasteiger partial charge in [-0.1, -0.05) is 23.2 Å². The lowest BCUT2D eigenvalue weighted by atomic mass is 9.93. The zero-order chi connectivity index (χ0) is 14.8. The molecule has 2 aromatic heterocycles. The van der Waals surface area contributed by atoms with E-state index >= 15 is 0 Å². The summed E-state index contributed by atoms with van der Waals surface area (Å²) in [7, 11) is 0. The van der Waals surface area contributed by atoms with Gasteiger partial charge >= 0.3 is 0 Å². The van der Waals surface area contributed by atoms with Gasteiger partial charge in [0.1, 0.15) is 5.69 Å². The lowest BCUT2D eigenvalue weighted by Crippen LogP contribution is -2.36. The molecular formula is C14H14Cl2N4O. The average molecular weight is 325 g/mol. The minimum atomic E-state index is -0.214. The van der Waals surface area contributed by atoms with E-state index in [2.05, 4.69) is 15.2 Å². The number of rotatable bonds is 2. The van der Waals surface area contributed by atoms with Crippen molar-refractivity contribution in [3.8, 4) is 0 Å². The van der Waals surface area contributed by atoms with Gasteiger partial charge < -0.3 is 4.90 Å². The molecule has 110 valence electrons. The summed E-state index contributed by atoms with van der Waals surface area (Å²) in [6.07, 6.45) is 3.56. The van der Waals surface area contributed by atoms with Crippen molar-refractivity contribution in [2.24, 2.45) is 0 Å². The number of hydrogen-bond acceptors (Lipinski definition) is 4. The largest absolute Gasteiger partial charge is 0.367 e. The monoisotopic (exact) mass is 324 g/mol. The Morgan fingerprint density at radius 2 is 2.05 bits per heavy atom. The highest BCUT2D eigenvalue weighted by atomic mass is 35.5. The Bertz CT molecular complexity index is 695. The van der Waals surface area contributed by atoms with Crippen LogP contribution < -0.4 is 10.5 Å². The number of aromatic nitrogens is 3. The molecule has 0 aliphatic carbocycles. The van der Waals surface area contributed by atoms with E-state index in [9.17, 15) is 4.79 Å².